The van der Waals surface area contributed by atoms with E-state index in [1.165, 1.54) is 12.1 Å². The molecule has 3 rings (SSSR count). The molecule has 0 spiro atoms. The monoisotopic (exact) mass is 283 g/mol. The molecule has 21 heavy (non-hydrogen) atoms. The Morgan fingerprint density at radius 2 is 2.00 bits per heavy atom. The fraction of sp³-hybridized carbons (Fsp3) is 0.176. The molecule has 0 saturated carbocycles. The third-order valence-corrected chi connectivity index (χ3v) is 3.66. The molecule has 3 nitrogen and oxygen atoms in total. The lowest BCUT2D eigenvalue weighted by atomic mass is 9.94. The fourth-order valence-electron chi connectivity index (χ4n) is 2.52. The lowest BCUT2D eigenvalue weighted by Gasteiger charge is -2.17. The van der Waals surface area contributed by atoms with E-state index in [0.29, 0.717) is 17.7 Å². The van der Waals surface area contributed by atoms with Gasteiger partial charge >= 0.3 is 0 Å². The van der Waals surface area contributed by atoms with Crippen LogP contribution in [0.3, 0.4) is 0 Å². The van der Waals surface area contributed by atoms with Gasteiger partial charge in [-0.05, 0) is 37.1 Å². The average molecular weight is 283 g/mol. The average Bonchev–Trinajstić information content (AvgIpc) is 2.49. The van der Waals surface area contributed by atoms with Crippen LogP contribution in [0.5, 0.6) is 0 Å². The van der Waals surface area contributed by atoms with Crippen LogP contribution in [0, 0.1) is 12.7 Å². The maximum Gasteiger partial charge on any atom is 0.251 e. The zero-order valence-electron chi connectivity index (χ0n) is 11.6. The Balaban J connectivity index is 2.04. The highest BCUT2D eigenvalue weighted by atomic mass is 19.1. The van der Waals surface area contributed by atoms with Crippen molar-refractivity contribution in [2.24, 2.45) is 0 Å². The largest absolute Gasteiger partial charge is 0.352 e. The normalized spacial score (nSPS) is 13.5. The van der Waals surface area contributed by atoms with Crippen LogP contribution in [0.2, 0.25) is 0 Å². The number of nitrogens with one attached hydrogen (secondary N) is 1. The highest BCUT2D eigenvalue weighted by Gasteiger charge is 2.20. The van der Waals surface area contributed by atoms with E-state index in [1.54, 1.807) is 31.2 Å². The zero-order valence-corrected chi connectivity index (χ0v) is 11.6. The highest BCUT2D eigenvalue weighted by molar-refractivity contribution is 6.10. The first-order valence-corrected chi connectivity index (χ1v) is 6.78. The second kappa shape index (κ2) is 5.13. The lowest BCUT2D eigenvalue weighted by Crippen LogP contribution is -2.32. The van der Waals surface area contributed by atoms with Crippen LogP contribution < -0.4 is 5.32 Å². The predicted molar refractivity (Wildman–Crippen MR) is 77.0 cm³/mol. The number of amides is 1. The van der Waals surface area contributed by atoms with E-state index in [2.05, 4.69) is 5.32 Å². The van der Waals surface area contributed by atoms with Crippen LogP contribution in [-0.2, 0) is 6.42 Å². The summed E-state index contributed by atoms with van der Waals surface area (Å²) < 4.78 is 13.8. The van der Waals surface area contributed by atoms with Crippen molar-refractivity contribution in [3.05, 3.63) is 70.0 Å². The van der Waals surface area contributed by atoms with Crippen molar-refractivity contribution in [2.45, 2.75) is 13.3 Å². The minimum atomic E-state index is -0.548. The van der Waals surface area contributed by atoms with E-state index in [9.17, 15) is 14.0 Å². The van der Waals surface area contributed by atoms with Gasteiger partial charge in [0, 0.05) is 17.7 Å². The van der Waals surface area contributed by atoms with E-state index in [4.69, 9.17) is 0 Å². The van der Waals surface area contributed by atoms with Crippen molar-refractivity contribution < 1.29 is 14.0 Å². The van der Waals surface area contributed by atoms with E-state index in [-0.39, 0.29) is 11.5 Å². The van der Waals surface area contributed by atoms with Gasteiger partial charge in [0.05, 0.1) is 5.56 Å². The minimum Gasteiger partial charge on any atom is -0.352 e. The Morgan fingerprint density at radius 3 is 2.81 bits per heavy atom. The van der Waals surface area contributed by atoms with E-state index in [1.807, 2.05) is 0 Å². The Labute approximate surface area is 121 Å². The van der Waals surface area contributed by atoms with E-state index < -0.39 is 11.6 Å². The number of halogens is 1. The second-order valence-electron chi connectivity index (χ2n) is 5.19. The van der Waals surface area contributed by atoms with Crippen molar-refractivity contribution in [3.8, 4) is 0 Å². The SMILES string of the molecule is Cc1ccc(F)c(C(=O)c2ccc3c(c2)C(=O)NCC3)c1. The quantitative estimate of drug-likeness (QED) is 0.861. The van der Waals surface area contributed by atoms with Crippen LogP contribution in [0.1, 0.15) is 37.4 Å². The van der Waals surface area contributed by atoms with Crippen molar-refractivity contribution in [2.75, 3.05) is 6.54 Å². The van der Waals surface area contributed by atoms with E-state index >= 15 is 0 Å². The summed E-state index contributed by atoms with van der Waals surface area (Å²) in [7, 11) is 0. The van der Waals surface area contributed by atoms with E-state index in [0.717, 1.165) is 17.5 Å². The molecular formula is C17H14FNO2. The van der Waals surface area contributed by atoms with Crippen molar-refractivity contribution in [3.63, 3.8) is 0 Å². The molecule has 2 aromatic carbocycles. The van der Waals surface area contributed by atoms with Crippen molar-refractivity contribution >= 4 is 11.7 Å². The molecule has 0 aliphatic carbocycles. The zero-order chi connectivity index (χ0) is 15.0. The van der Waals surface area contributed by atoms with Crippen LogP contribution in [-0.4, -0.2) is 18.2 Å². The topological polar surface area (TPSA) is 46.2 Å². The molecule has 1 aliphatic heterocycles. The van der Waals surface area contributed by atoms with Crippen LogP contribution in [0.25, 0.3) is 0 Å². The number of aryl methyl sites for hydroxylation is 1. The molecule has 0 fully saturated rings. The summed E-state index contributed by atoms with van der Waals surface area (Å²) in [4.78, 5) is 24.3. The molecule has 1 amide bonds. The predicted octanol–water partition coefficient (Wildman–Crippen LogP) is 2.65. The number of benzene rings is 2. The third-order valence-electron chi connectivity index (χ3n) is 3.66. The van der Waals surface area contributed by atoms with Gasteiger partial charge in [-0.15, -0.1) is 0 Å². The molecule has 1 heterocycles. The van der Waals surface area contributed by atoms with Crippen molar-refractivity contribution in [1.29, 1.82) is 0 Å². The van der Waals surface area contributed by atoms with Crippen molar-refractivity contribution in [1.82, 2.24) is 5.32 Å². The number of hydrogen-bond donors (Lipinski definition) is 1. The molecule has 1 N–H and O–H groups in total. The molecule has 0 unspecified atom stereocenters. The Morgan fingerprint density at radius 1 is 1.19 bits per heavy atom. The Kier molecular flexibility index (Phi) is 3.29. The van der Waals surface area contributed by atoms with Gasteiger partial charge in [-0.2, -0.15) is 0 Å². The number of fused-ring (bicyclic) bond motifs is 1. The first kappa shape index (κ1) is 13.5. The summed E-state index contributed by atoms with van der Waals surface area (Å²) in [5.74, 6) is -1.14. The summed E-state index contributed by atoms with van der Waals surface area (Å²) in [6, 6.07) is 9.40. The van der Waals surface area contributed by atoms with Gasteiger partial charge in [0.1, 0.15) is 5.82 Å². The van der Waals surface area contributed by atoms with Gasteiger partial charge in [0.15, 0.2) is 5.78 Å². The summed E-state index contributed by atoms with van der Waals surface area (Å²) >= 11 is 0. The third kappa shape index (κ3) is 2.44. The molecule has 0 aromatic heterocycles. The van der Waals surface area contributed by atoms with Gasteiger partial charge < -0.3 is 5.32 Å². The number of rotatable bonds is 2. The first-order chi connectivity index (χ1) is 10.1. The molecule has 106 valence electrons. The Hall–Kier alpha value is -2.49. The standard InChI is InChI=1S/C17H14FNO2/c1-10-2-5-15(18)14(8-10)16(20)12-4-3-11-6-7-19-17(21)13(11)9-12/h2-5,8-9H,6-7H2,1H3,(H,19,21). The van der Waals surface area contributed by atoms with Crippen LogP contribution in [0.4, 0.5) is 4.39 Å². The smallest absolute Gasteiger partial charge is 0.251 e. The second-order valence-corrected chi connectivity index (χ2v) is 5.19. The molecule has 0 radical (unpaired) electrons. The molecule has 4 heteroatoms. The molecule has 1 aliphatic rings. The molecule has 0 saturated heterocycles. The van der Waals surface area contributed by atoms with Crippen LogP contribution >= 0.6 is 0 Å². The summed E-state index contributed by atoms with van der Waals surface area (Å²) in [5, 5.41) is 2.74. The summed E-state index contributed by atoms with van der Waals surface area (Å²) in [6.45, 7) is 2.40. The molecule has 0 bridgehead atoms. The number of carbonyl (C=O) groups excluding carboxylic acids is 2. The fourth-order valence-corrected chi connectivity index (χ4v) is 2.52. The summed E-state index contributed by atoms with van der Waals surface area (Å²) in [5.41, 5.74) is 2.59. The molecule has 2 aromatic rings. The Bertz CT molecular complexity index is 752. The van der Waals surface area contributed by atoms with Gasteiger partial charge in [-0.3, -0.25) is 9.59 Å². The number of hydrogen-bond acceptors (Lipinski definition) is 2. The van der Waals surface area contributed by atoms with Gasteiger partial charge in [0.2, 0.25) is 0 Å². The van der Waals surface area contributed by atoms with Gasteiger partial charge in [0.25, 0.3) is 5.91 Å². The number of ketones is 1. The number of carbonyl (C=O) groups is 2. The molecular weight excluding hydrogens is 269 g/mol. The van der Waals surface area contributed by atoms with Crippen LogP contribution in [0.15, 0.2) is 36.4 Å². The first-order valence-electron chi connectivity index (χ1n) is 6.78. The highest BCUT2D eigenvalue weighted by Crippen LogP contribution is 2.20. The van der Waals surface area contributed by atoms with Gasteiger partial charge in [-0.25, -0.2) is 4.39 Å². The molecule has 0 atom stereocenters. The minimum absolute atomic E-state index is 0.0335. The lowest BCUT2D eigenvalue weighted by molar-refractivity contribution is 0.0946. The van der Waals surface area contributed by atoms with Gasteiger partial charge in [-0.1, -0.05) is 23.8 Å². The maximum atomic E-state index is 13.8. The maximum absolute atomic E-state index is 13.8. The summed E-state index contributed by atoms with van der Waals surface area (Å²) in [6.07, 6.45) is 0.744.